The van der Waals surface area contributed by atoms with E-state index in [4.69, 9.17) is 27.0 Å². The summed E-state index contributed by atoms with van der Waals surface area (Å²) >= 11 is 0. The van der Waals surface area contributed by atoms with Gasteiger partial charge >= 0.3 is 17.9 Å². The van der Waals surface area contributed by atoms with Gasteiger partial charge in [0.2, 0.25) is 0 Å². The highest BCUT2D eigenvalue weighted by Gasteiger charge is 2.44. The molecule has 0 radical (unpaired) electrons. The first-order valence-electron chi connectivity index (χ1n) is 16.6. The molecule has 0 aliphatic heterocycles. The second-order valence-electron chi connectivity index (χ2n) is 11.8. The van der Waals surface area contributed by atoms with E-state index in [2.05, 4.69) is 6.58 Å². The fourth-order valence-corrected chi connectivity index (χ4v) is 9.99. The van der Waals surface area contributed by atoms with Gasteiger partial charge in [-0.1, -0.05) is 111 Å². The predicted molar refractivity (Wildman–Crippen MR) is 204 cm³/mol. The zero-order valence-corrected chi connectivity index (χ0v) is 32.0. The first-order chi connectivity index (χ1) is 24.7. The van der Waals surface area contributed by atoms with Crippen molar-refractivity contribution >= 4 is 38.3 Å². The number of carbonyl (C=O) groups excluding carboxylic acids is 3. The van der Waals surface area contributed by atoms with E-state index in [1.54, 1.807) is 38.3 Å². The number of esters is 3. The van der Waals surface area contributed by atoms with Crippen molar-refractivity contribution in [1.29, 1.82) is 0 Å². The summed E-state index contributed by atoms with van der Waals surface area (Å²) in [7, 11) is 1.84. The molecule has 4 rings (SSSR count). The molecule has 0 aliphatic rings. The molecule has 0 aliphatic carbocycles. The summed E-state index contributed by atoms with van der Waals surface area (Å²) < 4.78 is 35.0. The summed E-state index contributed by atoms with van der Waals surface area (Å²) in [5.41, 5.74) is 3.14. The number of rotatable bonds is 18. The van der Waals surface area contributed by atoms with E-state index in [0.29, 0.717) is 33.6 Å². The highest BCUT2D eigenvalue weighted by molar-refractivity contribution is 8.30. The van der Waals surface area contributed by atoms with Crippen molar-refractivity contribution < 1.29 is 41.4 Å². The third kappa shape index (κ3) is 9.84. The number of ether oxygens (including phenoxy) is 3. The fraction of sp³-hybridized carbons (Fsp3) is 0.275. The zero-order valence-electron chi connectivity index (χ0n) is 29.7. The number of hydrogen-bond donors (Lipinski definition) is 0. The van der Waals surface area contributed by atoms with Gasteiger partial charge in [-0.3, -0.25) is 18.0 Å². The average Bonchev–Trinajstić information content (AvgIpc) is 3.17. The maximum absolute atomic E-state index is 14.6. The minimum atomic E-state index is -2.91. The first kappa shape index (κ1) is 39.3. The Morgan fingerprint density at radius 3 is 1.59 bits per heavy atom. The van der Waals surface area contributed by atoms with Gasteiger partial charge in [-0.05, 0) is 36.1 Å². The Kier molecular flexibility index (Phi) is 14.8. The second-order valence-corrected chi connectivity index (χ2v) is 16.2. The summed E-state index contributed by atoms with van der Waals surface area (Å²) in [6, 6.07) is 34.0. The topological polar surface area (TPSA) is 107 Å². The van der Waals surface area contributed by atoms with E-state index in [0.717, 1.165) is 11.1 Å². The van der Waals surface area contributed by atoms with Crippen LogP contribution < -0.4 is 9.47 Å². The lowest BCUT2D eigenvalue weighted by atomic mass is 9.91. The van der Waals surface area contributed by atoms with E-state index in [9.17, 15) is 14.4 Å². The standard InChI is InChI=1S/C40H46O9SSi/c1-28(38(41)44-3)25-32(39(42)48-35-23-15-13-21-33(35)30-17-9-7-10-18-30)26-37(50(45-4,46-5)29(2)27-51-47-6)40(43)49-36-24-16-14-22-34(36)31-19-11-8-12-20-31/h7-24,28,32,37H,2,25-27,51H2,1,3-6H3. The molecule has 0 heterocycles. The maximum Gasteiger partial charge on any atom is 0.334 e. The Labute approximate surface area is 304 Å². The summed E-state index contributed by atoms with van der Waals surface area (Å²) in [5.74, 6) is -2.83. The van der Waals surface area contributed by atoms with E-state index in [-0.39, 0.29) is 12.8 Å². The van der Waals surface area contributed by atoms with Crippen molar-refractivity contribution in [3.8, 4) is 33.8 Å². The Morgan fingerprint density at radius 2 is 1.12 bits per heavy atom. The molecule has 0 aromatic heterocycles. The van der Waals surface area contributed by atoms with Gasteiger partial charge in [0.1, 0.15) is 11.5 Å². The van der Waals surface area contributed by atoms with Gasteiger partial charge in [0.25, 0.3) is 0 Å². The quantitative estimate of drug-likeness (QED) is 0.0579. The molecule has 51 heavy (non-hydrogen) atoms. The number of benzene rings is 4. The van der Waals surface area contributed by atoms with Crippen LogP contribution in [0.15, 0.2) is 121 Å². The lowest BCUT2D eigenvalue weighted by Crippen LogP contribution is -2.38. The molecule has 3 unspecified atom stereocenters. The van der Waals surface area contributed by atoms with Crippen molar-refractivity contribution in [2.45, 2.75) is 31.1 Å². The molecule has 0 spiro atoms. The first-order valence-corrected chi connectivity index (χ1v) is 19.7. The molecular formula is C40H46O9SSi. The van der Waals surface area contributed by atoms with Crippen LogP contribution in [0, 0.1) is 11.8 Å². The summed E-state index contributed by atoms with van der Waals surface area (Å²) in [4.78, 5) is 42.2. The molecular weight excluding hydrogens is 685 g/mol. The largest absolute Gasteiger partial charge is 0.469 e. The Morgan fingerprint density at radius 1 is 0.647 bits per heavy atom. The highest BCUT2D eigenvalue weighted by atomic mass is 32.3. The van der Waals surface area contributed by atoms with Gasteiger partial charge in [-0.15, -0.1) is 0 Å². The molecule has 3 atom stereocenters. The van der Waals surface area contributed by atoms with Crippen molar-refractivity contribution in [3.05, 3.63) is 121 Å². The van der Waals surface area contributed by atoms with E-state index in [1.807, 2.05) is 84.9 Å². The smallest absolute Gasteiger partial charge is 0.334 e. The van der Waals surface area contributed by atoms with E-state index >= 15 is 0 Å². The summed E-state index contributed by atoms with van der Waals surface area (Å²) in [6.45, 7) is 5.96. The Balaban J connectivity index is 1.79. The van der Waals surface area contributed by atoms with Gasteiger partial charge in [-0.25, -0.2) is 4.79 Å². The summed E-state index contributed by atoms with van der Waals surface area (Å²) in [5, 5.41) is -1.15. The molecule has 0 bridgehead atoms. The maximum atomic E-state index is 14.6. The van der Waals surface area contributed by atoms with Crippen molar-refractivity contribution in [2.75, 3.05) is 28.4 Å². The third-order valence-corrected chi connectivity index (χ3v) is 13.3. The molecule has 0 fully saturated rings. The molecule has 4 aromatic rings. The number of carbonyl (C=O) groups is 3. The van der Waals surface area contributed by atoms with Gasteiger partial charge in [-0.2, -0.15) is 10.6 Å². The van der Waals surface area contributed by atoms with E-state index in [1.165, 1.54) is 21.3 Å². The molecule has 0 N–H and O–H groups in total. The monoisotopic (exact) mass is 730 g/mol. The number of methoxy groups -OCH3 is 1. The van der Waals surface area contributed by atoms with E-state index < -0.39 is 55.3 Å². The average molecular weight is 731 g/mol. The van der Waals surface area contributed by atoms with Gasteiger partial charge < -0.3 is 18.6 Å². The lowest BCUT2D eigenvalue weighted by molar-refractivity contribution is -0.147. The molecule has 0 saturated heterocycles. The van der Waals surface area contributed by atoms with Gasteiger partial charge in [0.05, 0.1) is 33.2 Å². The number of hydrogen-bond acceptors (Lipinski definition) is 9. The molecule has 0 amide bonds. The van der Waals surface area contributed by atoms with Gasteiger partial charge in [0, 0.05) is 29.2 Å². The van der Waals surface area contributed by atoms with Crippen LogP contribution >= 0.6 is 10.6 Å². The SMILES string of the molecule is C=C(C[SiH2]OC)S(OC)(OC)C(CC(CC(C)C(=O)OC)C(=O)Oc1ccccc1-c1ccccc1)C(=O)Oc1ccccc1-c1ccccc1. The van der Waals surface area contributed by atoms with Crippen molar-refractivity contribution in [1.82, 2.24) is 0 Å². The molecule has 270 valence electrons. The normalized spacial score (nSPS) is 13.6. The summed E-state index contributed by atoms with van der Waals surface area (Å²) in [6.07, 6.45) is -0.115. The lowest BCUT2D eigenvalue weighted by Gasteiger charge is -2.47. The number of allylic oxidation sites excluding steroid dienone is 1. The van der Waals surface area contributed by atoms with Crippen LogP contribution in [0.2, 0.25) is 6.04 Å². The zero-order chi connectivity index (χ0) is 36.8. The highest BCUT2D eigenvalue weighted by Crippen LogP contribution is 2.63. The predicted octanol–water partition coefficient (Wildman–Crippen LogP) is 7.70. The van der Waals surface area contributed by atoms with Gasteiger partial charge in [0.15, 0.2) is 15.0 Å². The Bertz CT molecular complexity index is 1760. The minimum Gasteiger partial charge on any atom is -0.469 e. The van der Waals surface area contributed by atoms with Crippen LogP contribution in [0.4, 0.5) is 0 Å². The van der Waals surface area contributed by atoms with Crippen LogP contribution in [0.25, 0.3) is 22.3 Å². The second kappa shape index (κ2) is 19.2. The van der Waals surface area contributed by atoms with Crippen molar-refractivity contribution in [3.63, 3.8) is 0 Å². The van der Waals surface area contributed by atoms with Crippen LogP contribution in [0.3, 0.4) is 0 Å². The minimum absolute atomic E-state index is 0.0195. The number of para-hydroxylation sites is 2. The van der Waals surface area contributed by atoms with Crippen LogP contribution in [-0.2, 0) is 31.9 Å². The Hall–Kier alpha value is -4.52. The molecule has 0 saturated carbocycles. The molecule has 4 aromatic carbocycles. The third-order valence-electron chi connectivity index (χ3n) is 8.56. The molecule has 9 nitrogen and oxygen atoms in total. The van der Waals surface area contributed by atoms with Crippen LogP contribution in [-0.4, -0.2) is 61.4 Å². The molecule has 11 heteroatoms. The van der Waals surface area contributed by atoms with Crippen LogP contribution in [0.5, 0.6) is 11.5 Å². The van der Waals surface area contributed by atoms with Crippen molar-refractivity contribution in [2.24, 2.45) is 11.8 Å². The fourth-order valence-electron chi connectivity index (χ4n) is 5.91. The van der Waals surface area contributed by atoms with Crippen LogP contribution in [0.1, 0.15) is 19.8 Å².